The van der Waals surface area contributed by atoms with Gasteiger partial charge in [0.15, 0.2) is 4.33 Å². The molecule has 116 valence electrons. The first-order chi connectivity index (χ1) is 11.1. The Bertz CT molecular complexity index is 760. The average Bonchev–Trinajstić information content (AvgIpc) is 2.57. The number of hydrogen-bond donors (Lipinski definition) is 0. The van der Waals surface area contributed by atoms with Gasteiger partial charge in [0.2, 0.25) is 0 Å². The van der Waals surface area contributed by atoms with Crippen molar-refractivity contribution < 1.29 is 0 Å². The highest BCUT2D eigenvalue weighted by Gasteiger charge is 2.28. The molecule has 3 heteroatoms. The summed E-state index contributed by atoms with van der Waals surface area (Å²) in [4.78, 5) is 0. The monoisotopic (exact) mass is 360 g/mol. The Hall–Kier alpha value is -1.47. The molecule has 3 rings (SSSR count). The first-order valence-corrected chi connectivity index (χ1v) is 8.46. The van der Waals surface area contributed by atoms with Crippen molar-refractivity contribution in [2.24, 2.45) is 0 Å². The third kappa shape index (κ3) is 3.90. The molecule has 0 saturated heterocycles. The summed E-state index contributed by atoms with van der Waals surface area (Å²) in [7, 11) is 0. The molecule has 0 aromatic heterocycles. The van der Waals surface area contributed by atoms with E-state index in [1.165, 1.54) is 11.1 Å². The van der Waals surface area contributed by atoms with Crippen LogP contribution in [0.3, 0.4) is 0 Å². The van der Waals surface area contributed by atoms with Crippen LogP contribution in [0.5, 0.6) is 0 Å². The molecule has 0 amide bonds. The lowest BCUT2D eigenvalue weighted by molar-refractivity contribution is 1.03. The third-order valence-electron chi connectivity index (χ3n) is 3.77. The molecule has 3 aromatic carbocycles. The second-order valence-electron chi connectivity index (χ2n) is 5.44. The summed E-state index contributed by atoms with van der Waals surface area (Å²) in [6.07, 6.45) is 0.889. The Kier molecular flexibility index (Phi) is 4.96. The van der Waals surface area contributed by atoms with Gasteiger partial charge in [-0.15, -0.1) is 0 Å². The Balaban J connectivity index is 1.82. The van der Waals surface area contributed by atoms with E-state index < -0.39 is 4.33 Å². The Morgan fingerprint density at radius 3 is 1.65 bits per heavy atom. The Labute approximate surface area is 151 Å². The highest BCUT2D eigenvalue weighted by Crippen LogP contribution is 2.41. The Morgan fingerprint density at radius 1 is 0.609 bits per heavy atom. The van der Waals surface area contributed by atoms with Crippen LogP contribution in [0.1, 0.15) is 22.3 Å². The molecule has 0 N–H and O–H groups in total. The highest BCUT2D eigenvalue weighted by atomic mass is 35.5. The summed E-state index contributed by atoms with van der Waals surface area (Å²) in [5, 5.41) is 0.663. The fraction of sp³-hybridized carbons (Fsp3) is 0.100. The molecule has 0 heterocycles. The molecule has 0 aliphatic heterocycles. The fourth-order valence-electron chi connectivity index (χ4n) is 2.49. The van der Waals surface area contributed by atoms with E-state index in [4.69, 9.17) is 34.8 Å². The van der Waals surface area contributed by atoms with Gasteiger partial charge >= 0.3 is 0 Å². The first-order valence-electron chi connectivity index (χ1n) is 7.33. The van der Waals surface area contributed by atoms with Crippen LogP contribution in [-0.4, -0.2) is 0 Å². The zero-order chi connectivity index (χ0) is 16.3. The van der Waals surface area contributed by atoms with Crippen LogP contribution >= 0.6 is 34.8 Å². The lowest BCUT2D eigenvalue weighted by atomic mass is 9.99. The van der Waals surface area contributed by atoms with E-state index in [1.807, 2.05) is 42.5 Å². The number of alkyl halides is 2. The maximum absolute atomic E-state index is 6.57. The molecular formula is C20H15Cl3. The molecule has 0 fully saturated rings. The van der Waals surface area contributed by atoms with Gasteiger partial charge in [-0.3, -0.25) is 0 Å². The van der Waals surface area contributed by atoms with Gasteiger partial charge in [-0.25, -0.2) is 0 Å². The van der Waals surface area contributed by atoms with E-state index in [9.17, 15) is 0 Å². The van der Waals surface area contributed by atoms with E-state index in [0.29, 0.717) is 5.02 Å². The van der Waals surface area contributed by atoms with Crippen molar-refractivity contribution in [3.05, 3.63) is 106 Å². The molecule has 0 nitrogen and oxygen atoms in total. The van der Waals surface area contributed by atoms with Gasteiger partial charge in [0.25, 0.3) is 0 Å². The van der Waals surface area contributed by atoms with Gasteiger partial charge in [0.1, 0.15) is 0 Å². The zero-order valence-corrected chi connectivity index (χ0v) is 14.6. The molecule has 0 atom stereocenters. The summed E-state index contributed by atoms with van der Waals surface area (Å²) in [5.41, 5.74) is 4.15. The van der Waals surface area contributed by atoms with E-state index in [-0.39, 0.29) is 0 Å². The van der Waals surface area contributed by atoms with Crippen LogP contribution in [0.2, 0.25) is 5.02 Å². The van der Waals surface area contributed by atoms with Crippen LogP contribution < -0.4 is 0 Å². The summed E-state index contributed by atoms with van der Waals surface area (Å²) in [6, 6.07) is 25.7. The van der Waals surface area contributed by atoms with Crippen LogP contribution in [0.25, 0.3) is 0 Å². The van der Waals surface area contributed by atoms with E-state index in [0.717, 1.165) is 17.5 Å². The van der Waals surface area contributed by atoms with Crippen molar-refractivity contribution in [2.75, 3.05) is 0 Å². The second kappa shape index (κ2) is 6.97. The van der Waals surface area contributed by atoms with E-state index in [1.54, 1.807) is 12.1 Å². The van der Waals surface area contributed by atoms with Crippen molar-refractivity contribution >= 4 is 34.8 Å². The molecule has 0 spiro atoms. The minimum atomic E-state index is -1.09. The Morgan fingerprint density at radius 2 is 1.09 bits per heavy atom. The minimum absolute atomic E-state index is 0.663. The van der Waals surface area contributed by atoms with Crippen LogP contribution in [0, 0.1) is 0 Å². The molecule has 0 saturated carbocycles. The quantitative estimate of drug-likeness (QED) is 0.459. The van der Waals surface area contributed by atoms with Crippen LogP contribution in [0.4, 0.5) is 0 Å². The number of benzene rings is 3. The molecule has 3 aromatic rings. The lowest BCUT2D eigenvalue weighted by Gasteiger charge is -2.21. The molecule has 0 bridgehead atoms. The van der Waals surface area contributed by atoms with Crippen molar-refractivity contribution in [2.45, 2.75) is 10.8 Å². The molecule has 0 unspecified atom stereocenters. The predicted octanol–water partition coefficient (Wildman–Crippen LogP) is 6.61. The lowest BCUT2D eigenvalue weighted by Crippen LogP contribution is -2.12. The van der Waals surface area contributed by atoms with Crippen molar-refractivity contribution in [1.29, 1.82) is 0 Å². The summed E-state index contributed by atoms with van der Waals surface area (Å²) in [6.45, 7) is 0. The number of rotatable bonds is 4. The number of hydrogen-bond acceptors (Lipinski definition) is 0. The predicted molar refractivity (Wildman–Crippen MR) is 99.6 cm³/mol. The second-order valence-corrected chi connectivity index (χ2v) is 7.20. The summed E-state index contributed by atoms with van der Waals surface area (Å²) < 4.78 is -1.09. The number of halogens is 3. The average molecular weight is 362 g/mol. The molecule has 0 radical (unpaired) electrons. The highest BCUT2D eigenvalue weighted by molar-refractivity contribution is 6.50. The van der Waals surface area contributed by atoms with Gasteiger partial charge in [-0.05, 0) is 40.8 Å². The summed E-state index contributed by atoms with van der Waals surface area (Å²) >= 11 is 19.1. The van der Waals surface area contributed by atoms with Crippen molar-refractivity contribution in [3.8, 4) is 0 Å². The van der Waals surface area contributed by atoms with Gasteiger partial charge in [0.05, 0.1) is 0 Å². The topological polar surface area (TPSA) is 0 Å². The fourth-order valence-corrected chi connectivity index (χ4v) is 3.12. The minimum Gasteiger partial charge on any atom is -0.0909 e. The molecular weight excluding hydrogens is 347 g/mol. The summed E-state index contributed by atoms with van der Waals surface area (Å²) in [5.74, 6) is 0. The van der Waals surface area contributed by atoms with Gasteiger partial charge < -0.3 is 0 Å². The van der Waals surface area contributed by atoms with E-state index in [2.05, 4.69) is 24.3 Å². The standard InChI is InChI=1S/C20H15Cl3/c21-19-12-10-18(11-13-19)20(22,23)17-8-6-16(7-9-17)14-15-4-2-1-3-5-15/h1-13H,14H2. The maximum atomic E-state index is 6.57. The molecule has 0 aliphatic rings. The van der Waals surface area contributed by atoms with Gasteiger partial charge in [-0.2, -0.15) is 0 Å². The van der Waals surface area contributed by atoms with E-state index >= 15 is 0 Å². The van der Waals surface area contributed by atoms with Crippen molar-refractivity contribution in [3.63, 3.8) is 0 Å². The maximum Gasteiger partial charge on any atom is 0.168 e. The first kappa shape index (κ1) is 16.4. The van der Waals surface area contributed by atoms with Crippen LogP contribution in [-0.2, 0) is 10.8 Å². The molecule has 0 aliphatic carbocycles. The van der Waals surface area contributed by atoms with Gasteiger partial charge in [0, 0.05) is 5.02 Å². The SMILES string of the molecule is Clc1ccc(C(Cl)(Cl)c2ccc(Cc3ccccc3)cc2)cc1. The zero-order valence-electron chi connectivity index (χ0n) is 12.3. The largest absolute Gasteiger partial charge is 0.168 e. The van der Waals surface area contributed by atoms with Crippen molar-refractivity contribution in [1.82, 2.24) is 0 Å². The normalized spacial score (nSPS) is 11.4. The van der Waals surface area contributed by atoms with Gasteiger partial charge in [-0.1, -0.05) is 102 Å². The smallest absolute Gasteiger partial charge is 0.0909 e. The van der Waals surface area contributed by atoms with Crippen LogP contribution in [0.15, 0.2) is 78.9 Å². The molecule has 23 heavy (non-hydrogen) atoms. The third-order valence-corrected chi connectivity index (χ3v) is 4.90.